The van der Waals surface area contributed by atoms with Gasteiger partial charge in [0.05, 0.1) is 6.10 Å². The number of piperidine rings is 1. The Hall–Kier alpha value is -4.58. The summed E-state index contributed by atoms with van der Waals surface area (Å²) in [7, 11) is 0. The second kappa shape index (κ2) is 14.1. The molecule has 1 aliphatic heterocycles. The van der Waals surface area contributed by atoms with Gasteiger partial charge in [-0.25, -0.2) is 0 Å². The Morgan fingerprint density at radius 1 is 0.860 bits per heavy atom. The number of carbonyl (C=O) groups is 2. The lowest BCUT2D eigenvalue weighted by atomic mass is 9.90. The van der Waals surface area contributed by atoms with E-state index in [9.17, 15) is 14.7 Å². The Morgan fingerprint density at radius 3 is 2.23 bits per heavy atom. The molecule has 43 heavy (non-hydrogen) atoms. The predicted molar refractivity (Wildman–Crippen MR) is 169 cm³/mol. The summed E-state index contributed by atoms with van der Waals surface area (Å²) in [5.74, 6) is 2.16. The molecule has 6 heteroatoms. The van der Waals surface area contributed by atoms with Gasteiger partial charge < -0.3 is 19.5 Å². The lowest BCUT2D eigenvalue weighted by molar-refractivity contribution is -0.134. The van der Waals surface area contributed by atoms with Gasteiger partial charge >= 0.3 is 0 Å². The Kier molecular flexibility index (Phi) is 9.77. The van der Waals surface area contributed by atoms with Gasteiger partial charge in [-0.3, -0.25) is 9.59 Å². The fourth-order valence-electron chi connectivity index (χ4n) is 5.53. The summed E-state index contributed by atoms with van der Waals surface area (Å²) in [6.45, 7) is 5.57. The maximum Gasteiger partial charge on any atom is 0.260 e. The van der Waals surface area contributed by atoms with Gasteiger partial charge in [0, 0.05) is 29.8 Å². The van der Waals surface area contributed by atoms with E-state index < -0.39 is 0 Å². The average Bonchev–Trinajstić information content (AvgIpc) is 3.03. The van der Waals surface area contributed by atoms with Crippen LogP contribution in [-0.4, -0.2) is 47.5 Å². The summed E-state index contributed by atoms with van der Waals surface area (Å²) in [4.78, 5) is 27.8. The summed E-state index contributed by atoms with van der Waals surface area (Å²) in [5.41, 5.74) is 4.12. The standard InChI is InChI=1S/C37H39NO5/c1-26(2)43-33-7-5-6-28(24-33)11-10-27-20-22-38(23-21-27)36(40)25-42-35-9-4-3-8-34(35)29-12-14-30(15-13-29)37(41)31-16-18-32(39)19-17-31/h3-9,12-19,24,26-27,39H,10-11,20-23,25H2,1-2H3. The summed E-state index contributed by atoms with van der Waals surface area (Å²) < 4.78 is 11.9. The SMILES string of the molecule is CC(C)Oc1cccc(CCC2CCN(C(=O)COc3ccccc3-c3ccc(C(=O)c4ccc(O)cc4)cc3)CC2)c1. The van der Waals surface area contributed by atoms with Crippen molar-refractivity contribution in [3.05, 3.63) is 114 Å². The topological polar surface area (TPSA) is 76.1 Å². The molecule has 0 aromatic heterocycles. The number of phenols is 1. The number of aromatic hydroxyl groups is 1. The first-order valence-electron chi connectivity index (χ1n) is 15.0. The quantitative estimate of drug-likeness (QED) is 0.189. The van der Waals surface area contributed by atoms with Crippen LogP contribution in [0.5, 0.6) is 17.2 Å². The van der Waals surface area contributed by atoms with Crippen molar-refractivity contribution in [1.82, 2.24) is 4.90 Å². The fourth-order valence-corrected chi connectivity index (χ4v) is 5.53. The van der Waals surface area contributed by atoms with Crippen molar-refractivity contribution in [2.45, 2.75) is 45.6 Å². The van der Waals surface area contributed by atoms with Gasteiger partial charge in [0.1, 0.15) is 17.2 Å². The molecule has 4 aromatic carbocycles. The van der Waals surface area contributed by atoms with Crippen LogP contribution in [0.1, 0.15) is 54.6 Å². The van der Waals surface area contributed by atoms with Crippen molar-refractivity contribution in [1.29, 1.82) is 0 Å². The molecular weight excluding hydrogens is 538 g/mol. The number of nitrogens with zero attached hydrogens (tertiary/aromatic N) is 1. The van der Waals surface area contributed by atoms with Crippen molar-refractivity contribution in [2.24, 2.45) is 5.92 Å². The molecule has 6 nitrogen and oxygen atoms in total. The molecule has 4 aromatic rings. The van der Waals surface area contributed by atoms with Crippen LogP contribution in [0.15, 0.2) is 97.1 Å². The summed E-state index contributed by atoms with van der Waals surface area (Å²) in [6, 6.07) is 29.6. The zero-order chi connectivity index (χ0) is 30.2. The molecule has 1 aliphatic rings. The largest absolute Gasteiger partial charge is 0.508 e. The third-order valence-corrected chi connectivity index (χ3v) is 7.90. The van der Waals surface area contributed by atoms with Crippen LogP contribution in [0.2, 0.25) is 0 Å². The van der Waals surface area contributed by atoms with Gasteiger partial charge in [-0.1, -0.05) is 54.6 Å². The van der Waals surface area contributed by atoms with E-state index in [0.29, 0.717) is 22.8 Å². The molecule has 5 rings (SSSR count). The van der Waals surface area contributed by atoms with Gasteiger partial charge in [0.25, 0.3) is 5.91 Å². The van der Waals surface area contributed by atoms with Crippen LogP contribution in [0.4, 0.5) is 0 Å². The molecular formula is C37H39NO5. The Bertz CT molecular complexity index is 1520. The molecule has 1 amide bonds. The molecule has 0 saturated carbocycles. The number of para-hydroxylation sites is 1. The third-order valence-electron chi connectivity index (χ3n) is 7.90. The zero-order valence-electron chi connectivity index (χ0n) is 24.9. The monoisotopic (exact) mass is 577 g/mol. The molecule has 222 valence electrons. The van der Waals surface area contributed by atoms with Gasteiger partial charge in [-0.2, -0.15) is 0 Å². The minimum atomic E-state index is -0.115. The molecule has 1 N–H and O–H groups in total. The normalized spacial score (nSPS) is 13.6. The third kappa shape index (κ3) is 8.04. The van der Waals surface area contributed by atoms with Crippen LogP contribution >= 0.6 is 0 Å². The second-order valence-electron chi connectivity index (χ2n) is 11.4. The minimum Gasteiger partial charge on any atom is -0.508 e. The van der Waals surface area contributed by atoms with Crippen LogP contribution in [0.3, 0.4) is 0 Å². The van der Waals surface area contributed by atoms with Gasteiger partial charge in [-0.05, 0) is 99.0 Å². The van der Waals surface area contributed by atoms with Crippen LogP contribution in [-0.2, 0) is 11.2 Å². The van der Waals surface area contributed by atoms with E-state index in [4.69, 9.17) is 9.47 Å². The Morgan fingerprint density at radius 2 is 1.53 bits per heavy atom. The highest BCUT2D eigenvalue weighted by Gasteiger charge is 2.23. The number of hydrogen-bond donors (Lipinski definition) is 1. The highest BCUT2D eigenvalue weighted by atomic mass is 16.5. The maximum atomic E-state index is 13.0. The van der Waals surface area contributed by atoms with Crippen molar-refractivity contribution in [3.8, 4) is 28.4 Å². The Labute approximate surface area is 253 Å². The van der Waals surface area contributed by atoms with E-state index in [-0.39, 0.29) is 30.2 Å². The van der Waals surface area contributed by atoms with Gasteiger partial charge in [0.15, 0.2) is 12.4 Å². The lowest BCUT2D eigenvalue weighted by Crippen LogP contribution is -2.41. The lowest BCUT2D eigenvalue weighted by Gasteiger charge is -2.32. The summed E-state index contributed by atoms with van der Waals surface area (Å²) in [5, 5.41) is 9.49. The molecule has 0 unspecified atom stereocenters. The van der Waals surface area contributed by atoms with E-state index in [1.54, 1.807) is 24.3 Å². The molecule has 0 aliphatic carbocycles. The molecule has 0 spiro atoms. The maximum absolute atomic E-state index is 13.0. The number of carbonyl (C=O) groups excluding carboxylic acids is 2. The number of rotatable bonds is 11. The minimum absolute atomic E-state index is 0.00151. The Balaban J connectivity index is 1.12. The van der Waals surface area contributed by atoms with Gasteiger partial charge in [0.2, 0.25) is 0 Å². The number of likely N-dealkylation sites (tertiary alicyclic amines) is 1. The highest BCUT2D eigenvalue weighted by Crippen LogP contribution is 2.31. The van der Waals surface area contributed by atoms with Crippen LogP contribution < -0.4 is 9.47 Å². The molecule has 0 bridgehead atoms. The molecule has 0 atom stereocenters. The fraction of sp³-hybridized carbons (Fsp3) is 0.297. The molecule has 1 heterocycles. The van der Waals surface area contributed by atoms with Gasteiger partial charge in [-0.15, -0.1) is 0 Å². The number of hydrogen-bond acceptors (Lipinski definition) is 5. The van der Waals surface area contributed by atoms with Crippen LogP contribution in [0.25, 0.3) is 11.1 Å². The number of ketones is 1. The van der Waals surface area contributed by atoms with E-state index in [1.807, 2.05) is 61.2 Å². The van der Waals surface area contributed by atoms with Crippen molar-refractivity contribution in [3.63, 3.8) is 0 Å². The average molecular weight is 578 g/mol. The predicted octanol–water partition coefficient (Wildman–Crippen LogP) is 7.33. The first kappa shape index (κ1) is 29.9. The smallest absolute Gasteiger partial charge is 0.260 e. The number of phenolic OH excluding ortho intramolecular Hbond substituents is 1. The number of benzene rings is 4. The molecule has 1 saturated heterocycles. The summed E-state index contributed by atoms with van der Waals surface area (Å²) >= 11 is 0. The first-order chi connectivity index (χ1) is 20.9. The second-order valence-corrected chi connectivity index (χ2v) is 11.4. The number of amides is 1. The molecule has 1 fully saturated rings. The van der Waals surface area contributed by atoms with Crippen molar-refractivity contribution >= 4 is 11.7 Å². The van der Waals surface area contributed by atoms with E-state index in [2.05, 4.69) is 18.2 Å². The zero-order valence-corrected chi connectivity index (χ0v) is 24.9. The van der Waals surface area contributed by atoms with Crippen molar-refractivity contribution in [2.75, 3.05) is 19.7 Å². The van der Waals surface area contributed by atoms with E-state index >= 15 is 0 Å². The highest BCUT2D eigenvalue weighted by molar-refractivity contribution is 6.09. The van der Waals surface area contributed by atoms with E-state index in [0.717, 1.165) is 55.6 Å². The van der Waals surface area contributed by atoms with Crippen molar-refractivity contribution < 1.29 is 24.2 Å². The van der Waals surface area contributed by atoms with E-state index in [1.165, 1.54) is 17.7 Å². The number of ether oxygens (including phenoxy) is 2. The van der Waals surface area contributed by atoms with Crippen LogP contribution in [0, 0.1) is 5.92 Å². The first-order valence-corrected chi connectivity index (χ1v) is 15.0. The summed E-state index contributed by atoms with van der Waals surface area (Å²) in [6.07, 6.45) is 4.28. The molecule has 0 radical (unpaired) electrons. The number of aryl methyl sites for hydroxylation is 1.